The lowest BCUT2D eigenvalue weighted by Crippen LogP contribution is -2.43. The van der Waals surface area contributed by atoms with Crippen LogP contribution in [0.15, 0.2) is 36.4 Å². The Balaban J connectivity index is 1.59. The average molecular weight is 473 g/mol. The van der Waals surface area contributed by atoms with Crippen LogP contribution in [-0.4, -0.2) is 63.6 Å². The van der Waals surface area contributed by atoms with Gasteiger partial charge in [0.2, 0.25) is 0 Å². The van der Waals surface area contributed by atoms with Crippen molar-refractivity contribution >= 4 is 41.5 Å². The van der Waals surface area contributed by atoms with E-state index in [1.807, 2.05) is 0 Å². The molecule has 0 bridgehead atoms. The summed E-state index contributed by atoms with van der Waals surface area (Å²) in [5.41, 5.74) is 2.71. The number of carboxylic acid groups (broad SMARTS) is 1. The minimum Gasteiger partial charge on any atom is -0.508 e. The monoisotopic (exact) mass is 473 g/mol. The van der Waals surface area contributed by atoms with Crippen molar-refractivity contribution in [2.45, 2.75) is 12.5 Å². The Morgan fingerprint density at radius 3 is 2.58 bits per heavy atom. The first-order chi connectivity index (χ1) is 15.5. The molecule has 13 heteroatoms. The molecule has 2 aromatic heterocycles. The summed E-state index contributed by atoms with van der Waals surface area (Å²) in [5.74, 6) is -0.922. The number of H-pyrrole nitrogens is 1. The van der Waals surface area contributed by atoms with Crippen LogP contribution in [0, 0.1) is 0 Å². The molecule has 172 valence electrons. The predicted octanol–water partition coefficient (Wildman–Crippen LogP) is 1.11. The van der Waals surface area contributed by atoms with E-state index in [0.29, 0.717) is 40.1 Å². The fourth-order valence-electron chi connectivity index (χ4n) is 3.49. The van der Waals surface area contributed by atoms with Gasteiger partial charge in [-0.15, -0.1) is 0 Å². The fourth-order valence-corrected chi connectivity index (χ4v) is 4.21. The molecule has 4 rings (SSSR count). The number of nitrogens with zero attached hydrogens (tertiary/aromatic N) is 3. The number of carbonyl (C=O) groups is 2. The zero-order valence-corrected chi connectivity index (χ0v) is 18.2. The number of aromatic amines is 1. The molecule has 0 aliphatic carbocycles. The summed E-state index contributed by atoms with van der Waals surface area (Å²) in [4.78, 5) is 54.1. The van der Waals surface area contributed by atoms with Crippen molar-refractivity contribution in [2.75, 3.05) is 6.16 Å². The number of phenols is 1. The second-order valence-electron chi connectivity index (χ2n) is 7.56. The van der Waals surface area contributed by atoms with Gasteiger partial charge in [0.05, 0.1) is 34.6 Å². The Bertz CT molecular complexity index is 1440. The Hall–Kier alpha value is -3.73. The van der Waals surface area contributed by atoms with Crippen LogP contribution in [-0.2, 0) is 22.8 Å². The van der Waals surface area contributed by atoms with E-state index in [0.717, 1.165) is 0 Å². The van der Waals surface area contributed by atoms with Crippen molar-refractivity contribution in [2.24, 2.45) is 7.05 Å². The third-order valence-corrected chi connectivity index (χ3v) is 5.94. The number of amides is 1. The Morgan fingerprint density at radius 1 is 1.15 bits per heavy atom. The average Bonchev–Trinajstić information content (AvgIpc) is 3.26. The topological polar surface area (TPSA) is 191 Å². The molecule has 33 heavy (non-hydrogen) atoms. The lowest BCUT2D eigenvalue weighted by Gasteiger charge is -2.15. The van der Waals surface area contributed by atoms with Gasteiger partial charge in [-0.25, -0.2) is 14.8 Å². The predicted molar refractivity (Wildman–Crippen MR) is 117 cm³/mol. The van der Waals surface area contributed by atoms with Gasteiger partial charge in [0.15, 0.2) is 0 Å². The summed E-state index contributed by atoms with van der Waals surface area (Å²) in [7, 11) is -2.89. The van der Waals surface area contributed by atoms with Crippen LogP contribution in [0.2, 0.25) is 0 Å². The van der Waals surface area contributed by atoms with E-state index in [-0.39, 0.29) is 11.3 Å². The number of rotatable bonds is 7. The number of hydrogen-bond donors (Lipinski definition) is 6. The number of aromatic hydroxyl groups is 1. The van der Waals surface area contributed by atoms with Crippen molar-refractivity contribution in [3.63, 3.8) is 0 Å². The van der Waals surface area contributed by atoms with Crippen molar-refractivity contribution in [1.82, 2.24) is 24.8 Å². The molecule has 0 saturated heterocycles. The van der Waals surface area contributed by atoms with Gasteiger partial charge < -0.3 is 34.9 Å². The number of carbonyl (C=O) groups excluding carboxylic acids is 1. The van der Waals surface area contributed by atoms with Crippen LogP contribution in [0.1, 0.15) is 22.0 Å². The smallest absolute Gasteiger partial charge is 0.328 e. The van der Waals surface area contributed by atoms with Gasteiger partial charge in [0, 0.05) is 18.7 Å². The van der Waals surface area contributed by atoms with Gasteiger partial charge in [-0.3, -0.25) is 9.36 Å². The number of hydrogen-bond acceptors (Lipinski definition) is 6. The zero-order valence-electron chi connectivity index (χ0n) is 17.3. The van der Waals surface area contributed by atoms with Crippen molar-refractivity contribution in [1.29, 1.82) is 0 Å². The van der Waals surface area contributed by atoms with Crippen molar-refractivity contribution < 1.29 is 34.2 Å². The highest BCUT2D eigenvalue weighted by molar-refractivity contribution is 7.51. The molecule has 6 N–H and O–H groups in total. The zero-order chi connectivity index (χ0) is 23.9. The van der Waals surface area contributed by atoms with E-state index in [1.165, 1.54) is 12.1 Å². The summed E-state index contributed by atoms with van der Waals surface area (Å²) in [5, 5.41) is 20.9. The number of phenolic OH excluding ortho intramolecular Hbond substituents is 1. The van der Waals surface area contributed by atoms with Crippen molar-refractivity contribution in [3.8, 4) is 5.75 Å². The van der Waals surface area contributed by atoms with E-state index < -0.39 is 31.7 Å². The summed E-state index contributed by atoms with van der Waals surface area (Å²) in [6.07, 6.45) is -0.660. The quantitative estimate of drug-likeness (QED) is 0.213. The van der Waals surface area contributed by atoms with Gasteiger partial charge in [-0.2, -0.15) is 0 Å². The number of carboxylic acids is 1. The maximum atomic E-state index is 12.5. The molecule has 0 spiro atoms. The Kier molecular flexibility index (Phi) is 5.66. The molecule has 2 heterocycles. The van der Waals surface area contributed by atoms with Crippen LogP contribution in [0.25, 0.3) is 22.1 Å². The largest absolute Gasteiger partial charge is 0.508 e. The van der Waals surface area contributed by atoms with Gasteiger partial charge in [-0.1, -0.05) is 0 Å². The normalized spacial score (nSPS) is 12.8. The number of nitrogens with one attached hydrogen (secondary N) is 2. The maximum absolute atomic E-state index is 12.5. The molecule has 1 unspecified atom stereocenters. The molecule has 0 aliphatic rings. The standard InChI is InChI=1S/C20H20N5O7P/c1-25-16-6-10(19(27)24-15(20(28)29)9-33(30,31)32)2-4-13(16)23-18(25)8-17-21-12-5-3-11(26)7-14(12)22-17/h2-7,15,26H,8-9H2,1H3,(H,21,22)(H,24,27)(H,28,29)(H2,30,31,32). The lowest BCUT2D eigenvalue weighted by molar-refractivity contribution is -0.138. The van der Waals surface area contributed by atoms with Crippen LogP contribution >= 0.6 is 7.60 Å². The molecule has 1 atom stereocenters. The first-order valence-electron chi connectivity index (χ1n) is 9.71. The minimum atomic E-state index is -4.65. The second-order valence-corrected chi connectivity index (χ2v) is 9.26. The molecule has 1 amide bonds. The second kappa shape index (κ2) is 8.32. The molecule has 0 fully saturated rings. The van der Waals surface area contributed by atoms with E-state index in [4.69, 9.17) is 14.9 Å². The number of benzene rings is 2. The maximum Gasteiger partial charge on any atom is 0.328 e. The Labute approximate surface area is 186 Å². The molecule has 0 aliphatic heterocycles. The molecular formula is C20H20N5O7P. The van der Waals surface area contributed by atoms with Crippen LogP contribution in [0.4, 0.5) is 0 Å². The summed E-state index contributed by atoms with van der Waals surface area (Å²) < 4.78 is 12.9. The highest BCUT2D eigenvalue weighted by Crippen LogP contribution is 2.35. The fraction of sp³-hybridized carbons (Fsp3) is 0.200. The van der Waals surface area contributed by atoms with Crippen LogP contribution in [0.5, 0.6) is 5.75 Å². The van der Waals surface area contributed by atoms with Crippen LogP contribution < -0.4 is 5.32 Å². The van der Waals surface area contributed by atoms with Crippen molar-refractivity contribution in [3.05, 3.63) is 53.6 Å². The summed E-state index contributed by atoms with van der Waals surface area (Å²) in [6, 6.07) is 7.66. The number of aromatic nitrogens is 4. The van der Waals surface area contributed by atoms with E-state index >= 15 is 0 Å². The summed E-state index contributed by atoms with van der Waals surface area (Å²) >= 11 is 0. The summed E-state index contributed by atoms with van der Waals surface area (Å²) in [6.45, 7) is 0. The van der Waals surface area contributed by atoms with Gasteiger partial charge in [0.25, 0.3) is 5.91 Å². The number of aryl methyl sites for hydroxylation is 1. The molecule has 2 aromatic carbocycles. The van der Waals surface area contributed by atoms with E-state index in [9.17, 15) is 19.3 Å². The molecule has 4 aromatic rings. The third kappa shape index (κ3) is 4.87. The molecule has 12 nitrogen and oxygen atoms in total. The minimum absolute atomic E-state index is 0.119. The highest BCUT2D eigenvalue weighted by Gasteiger charge is 2.29. The highest BCUT2D eigenvalue weighted by atomic mass is 31.2. The Morgan fingerprint density at radius 2 is 1.88 bits per heavy atom. The third-order valence-electron chi connectivity index (χ3n) is 5.10. The van der Waals surface area contributed by atoms with Gasteiger partial charge in [0.1, 0.15) is 23.4 Å². The molecule has 0 radical (unpaired) electrons. The first kappa shape index (κ1) is 22.5. The van der Waals surface area contributed by atoms with E-state index in [1.54, 1.807) is 35.9 Å². The SMILES string of the molecule is Cn1c(Cc2nc3ccc(O)cc3[nH]2)nc2ccc(C(=O)NC(CP(=O)(O)O)C(=O)O)cc21. The van der Waals surface area contributed by atoms with Gasteiger partial charge in [-0.05, 0) is 30.3 Å². The van der Waals surface area contributed by atoms with Crippen LogP contribution in [0.3, 0.4) is 0 Å². The lowest BCUT2D eigenvalue weighted by atomic mass is 10.1. The van der Waals surface area contributed by atoms with E-state index in [2.05, 4.69) is 20.3 Å². The molecular weight excluding hydrogens is 453 g/mol. The number of imidazole rings is 2. The number of fused-ring (bicyclic) bond motifs is 2. The first-order valence-corrected chi connectivity index (χ1v) is 11.5. The number of aliphatic carboxylic acids is 1. The molecule has 0 saturated carbocycles. The van der Waals surface area contributed by atoms with Gasteiger partial charge >= 0.3 is 13.6 Å².